The van der Waals surface area contributed by atoms with Crippen molar-refractivity contribution in [3.05, 3.63) is 16.1 Å². The molecule has 1 aromatic rings. The molecule has 1 amide bonds. The van der Waals surface area contributed by atoms with Crippen LogP contribution in [-0.4, -0.2) is 23.5 Å². The predicted molar refractivity (Wildman–Crippen MR) is 61.9 cm³/mol. The van der Waals surface area contributed by atoms with E-state index in [1.807, 2.05) is 5.38 Å². The summed E-state index contributed by atoms with van der Waals surface area (Å²) in [6, 6.07) is -0.438. The van der Waals surface area contributed by atoms with Crippen molar-refractivity contribution in [3.63, 3.8) is 0 Å². The van der Waals surface area contributed by atoms with E-state index in [9.17, 15) is 4.79 Å². The van der Waals surface area contributed by atoms with E-state index in [1.165, 1.54) is 0 Å². The number of thiazole rings is 1. The third kappa shape index (κ3) is 3.97. The van der Waals surface area contributed by atoms with E-state index in [4.69, 9.17) is 5.73 Å². The molecule has 1 unspecified atom stereocenters. The van der Waals surface area contributed by atoms with E-state index in [0.717, 1.165) is 23.5 Å². The first-order valence-corrected chi connectivity index (χ1v) is 5.98. The van der Waals surface area contributed by atoms with Gasteiger partial charge < -0.3 is 11.1 Å². The molecule has 0 aliphatic rings. The summed E-state index contributed by atoms with van der Waals surface area (Å²) >= 11 is 1.67. The standard InChI is InChI=1S/C10H17N3OS/c1-3-9-13-8(6-15-9)4-5-12-10(14)7(2)11/h6-7H,3-5,11H2,1-2H3,(H,12,14). The minimum atomic E-state index is -0.438. The van der Waals surface area contributed by atoms with Gasteiger partial charge in [-0.15, -0.1) is 11.3 Å². The van der Waals surface area contributed by atoms with Crippen molar-refractivity contribution in [2.75, 3.05) is 6.54 Å². The fourth-order valence-electron chi connectivity index (χ4n) is 1.10. The van der Waals surface area contributed by atoms with E-state index >= 15 is 0 Å². The Balaban J connectivity index is 2.28. The van der Waals surface area contributed by atoms with Gasteiger partial charge >= 0.3 is 0 Å². The fraction of sp³-hybridized carbons (Fsp3) is 0.600. The molecule has 5 heteroatoms. The maximum absolute atomic E-state index is 11.1. The summed E-state index contributed by atoms with van der Waals surface area (Å²) in [6.07, 6.45) is 1.74. The number of hydrogen-bond acceptors (Lipinski definition) is 4. The molecule has 3 N–H and O–H groups in total. The second-order valence-corrected chi connectivity index (χ2v) is 4.36. The topological polar surface area (TPSA) is 68.0 Å². The molecule has 0 radical (unpaired) electrons. The van der Waals surface area contributed by atoms with Crippen LogP contribution in [0.2, 0.25) is 0 Å². The van der Waals surface area contributed by atoms with Crippen molar-refractivity contribution < 1.29 is 4.79 Å². The molecule has 84 valence electrons. The van der Waals surface area contributed by atoms with Gasteiger partial charge in [-0.25, -0.2) is 4.98 Å². The van der Waals surface area contributed by atoms with Crippen molar-refractivity contribution >= 4 is 17.2 Å². The van der Waals surface area contributed by atoms with E-state index in [-0.39, 0.29) is 5.91 Å². The zero-order chi connectivity index (χ0) is 11.3. The summed E-state index contributed by atoms with van der Waals surface area (Å²) < 4.78 is 0. The Bertz CT molecular complexity index is 322. The zero-order valence-corrected chi connectivity index (χ0v) is 9.93. The highest BCUT2D eigenvalue weighted by Crippen LogP contribution is 2.09. The lowest BCUT2D eigenvalue weighted by molar-refractivity contribution is -0.121. The van der Waals surface area contributed by atoms with Gasteiger partial charge in [0.05, 0.1) is 16.7 Å². The molecule has 1 heterocycles. The molecule has 0 saturated carbocycles. The lowest BCUT2D eigenvalue weighted by atomic mass is 10.3. The first-order chi connectivity index (χ1) is 7.13. The first kappa shape index (κ1) is 12.1. The molecule has 1 atom stereocenters. The first-order valence-electron chi connectivity index (χ1n) is 5.10. The monoisotopic (exact) mass is 227 g/mol. The van der Waals surface area contributed by atoms with E-state index in [1.54, 1.807) is 18.3 Å². The Morgan fingerprint density at radius 2 is 2.47 bits per heavy atom. The summed E-state index contributed by atoms with van der Waals surface area (Å²) in [5.74, 6) is -0.110. The maximum atomic E-state index is 11.1. The van der Waals surface area contributed by atoms with Crippen LogP contribution < -0.4 is 11.1 Å². The number of carbonyl (C=O) groups excluding carboxylic acids is 1. The van der Waals surface area contributed by atoms with Crippen LogP contribution in [-0.2, 0) is 17.6 Å². The van der Waals surface area contributed by atoms with Crippen molar-refractivity contribution in [1.82, 2.24) is 10.3 Å². The molecular weight excluding hydrogens is 210 g/mol. The lowest BCUT2D eigenvalue weighted by Crippen LogP contribution is -2.39. The van der Waals surface area contributed by atoms with Crippen LogP contribution in [0, 0.1) is 0 Å². The minimum absolute atomic E-state index is 0.110. The van der Waals surface area contributed by atoms with Crippen molar-refractivity contribution in [2.24, 2.45) is 5.73 Å². The third-order valence-electron chi connectivity index (χ3n) is 2.00. The van der Waals surface area contributed by atoms with Crippen LogP contribution in [0.4, 0.5) is 0 Å². The smallest absolute Gasteiger partial charge is 0.236 e. The van der Waals surface area contributed by atoms with Crippen LogP contribution in [0.25, 0.3) is 0 Å². The number of amides is 1. The Morgan fingerprint density at radius 3 is 3.00 bits per heavy atom. The minimum Gasteiger partial charge on any atom is -0.354 e. The van der Waals surface area contributed by atoms with Crippen molar-refractivity contribution in [1.29, 1.82) is 0 Å². The second kappa shape index (κ2) is 5.82. The van der Waals surface area contributed by atoms with E-state index < -0.39 is 6.04 Å². The van der Waals surface area contributed by atoms with Gasteiger partial charge in [0.2, 0.25) is 5.91 Å². The number of aryl methyl sites for hydroxylation is 1. The highest BCUT2D eigenvalue weighted by molar-refractivity contribution is 7.09. The number of nitrogens with two attached hydrogens (primary N) is 1. The molecule has 1 rings (SSSR count). The van der Waals surface area contributed by atoms with Gasteiger partial charge in [-0.2, -0.15) is 0 Å². The largest absolute Gasteiger partial charge is 0.354 e. The molecule has 0 aliphatic heterocycles. The summed E-state index contributed by atoms with van der Waals surface area (Å²) in [7, 11) is 0. The number of aromatic nitrogens is 1. The van der Waals surface area contributed by atoms with Gasteiger partial charge in [-0.1, -0.05) is 6.92 Å². The Labute approximate surface area is 93.9 Å². The Kier molecular flexibility index (Phi) is 4.71. The molecule has 0 aromatic carbocycles. The molecule has 0 aliphatic carbocycles. The third-order valence-corrected chi connectivity index (χ3v) is 3.04. The fourth-order valence-corrected chi connectivity index (χ4v) is 1.88. The van der Waals surface area contributed by atoms with Gasteiger partial charge in [0.15, 0.2) is 0 Å². The van der Waals surface area contributed by atoms with Crippen LogP contribution >= 0.6 is 11.3 Å². The van der Waals surface area contributed by atoms with E-state index in [0.29, 0.717) is 6.54 Å². The van der Waals surface area contributed by atoms with E-state index in [2.05, 4.69) is 17.2 Å². The van der Waals surface area contributed by atoms with Crippen LogP contribution in [0.5, 0.6) is 0 Å². The van der Waals surface area contributed by atoms with Gasteiger partial charge in [0, 0.05) is 18.3 Å². The van der Waals surface area contributed by atoms with Gasteiger partial charge in [-0.05, 0) is 13.3 Å². The average Bonchev–Trinajstić information content (AvgIpc) is 2.65. The normalized spacial score (nSPS) is 12.5. The molecule has 0 fully saturated rings. The summed E-state index contributed by atoms with van der Waals surface area (Å²) in [4.78, 5) is 15.5. The highest BCUT2D eigenvalue weighted by Gasteiger charge is 2.06. The van der Waals surface area contributed by atoms with Gasteiger partial charge in [0.25, 0.3) is 0 Å². The lowest BCUT2D eigenvalue weighted by Gasteiger charge is -2.05. The maximum Gasteiger partial charge on any atom is 0.236 e. The molecule has 1 aromatic heterocycles. The molecule has 0 saturated heterocycles. The van der Waals surface area contributed by atoms with Crippen LogP contribution in [0.15, 0.2) is 5.38 Å². The second-order valence-electron chi connectivity index (χ2n) is 3.42. The van der Waals surface area contributed by atoms with Crippen LogP contribution in [0.1, 0.15) is 24.5 Å². The van der Waals surface area contributed by atoms with Crippen LogP contribution in [0.3, 0.4) is 0 Å². The summed E-state index contributed by atoms with van der Waals surface area (Å²) in [6.45, 7) is 4.36. The summed E-state index contributed by atoms with van der Waals surface area (Å²) in [5, 5.41) is 5.94. The van der Waals surface area contributed by atoms with Crippen molar-refractivity contribution in [2.45, 2.75) is 32.7 Å². The number of hydrogen-bond donors (Lipinski definition) is 2. The molecule has 15 heavy (non-hydrogen) atoms. The number of nitrogens with one attached hydrogen (secondary N) is 1. The number of rotatable bonds is 5. The highest BCUT2D eigenvalue weighted by atomic mass is 32.1. The quantitative estimate of drug-likeness (QED) is 0.778. The zero-order valence-electron chi connectivity index (χ0n) is 9.12. The van der Waals surface area contributed by atoms with Gasteiger partial charge in [0.1, 0.15) is 0 Å². The Morgan fingerprint density at radius 1 is 1.73 bits per heavy atom. The molecular formula is C10H17N3OS. The number of nitrogens with zero attached hydrogens (tertiary/aromatic N) is 1. The van der Waals surface area contributed by atoms with Gasteiger partial charge in [-0.3, -0.25) is 4.79 Å². The van der Waals surface area contributed by atoms with Crippen molar-refractivity contribution in [3.8, 4) is 0 Å². The molecule has 0 spiro atoms. The SMILES string of the molecule is CCc1nc(CCNC(=O)C(C)N)cs1. The Hall–Kier alpha value is -0.940. The number of carbonyl (C=O) groups is 1. The summed E-state index contributed by atoms with van der Waals surface area (Å²) in [5.41, 5.74) is 6.46. The molecule has 4 nitrogen and oxygen atoms in total. The predicted octanol–water partition coefficient (Wildman–Crippen LogP) is 0.711. The average molecular weight is 227 g/mol. The molecule has 0 bridgehead atoms.